The van der Waals surface area contributed by atoms with Crippen molar-refractivity contribution in [3.63, 3.8) is 0 Å². The fraction of sp³-hybridized carbons (Fsp3) is 0.409. The highest BCUT2D eigenvalue weighted by atomic mass is 32.2. The van der Waals surface area contributed by atoms with Crippen LogP contribution in [0, 0.1) is 0 Å². The first kappa shape index (κ1) is 23.9. The van der Waals surface area contributed by atoms with Crippen LogP contribution in [0.3, 0.4) is 0 Å². The fourth-order valence-electron chi connectivity index (χ4n) is 2.92. The maximum atomic E-state index is 13.2. The summed E-state index contributed by atoms with van der Waals surface area (Å²) in [5, 5.41) is 0. The maximum Gasteiger partial charge on any atom is 0.254 e. The van der Waals surface area contributed by atoms with Gasteiger partial charge in [0, 0.05) is 31.3 Å². The van der Waals surface area contributed by atoms with E-state index in [0.717, 1.165) is 5.56 Å². The molecule has 1 amide bonds. The van der Waals surface area contributed by atoms with Gasteiger partial charge in [-0.25, -0.2) is 13.1 Å². The molecule has 164 valence electrons. The van der Waals surface area contributed by atoms with Crippen LogP contribution in [0.25, 0.3) is 0 Å². The van der Waals surface area contributed by atoms with E-state index in [0.29, 0.717) is 19.7 Å². The van der Waals surface area contributed by atoms with E-state index in [2.05, 4.69) is 4.72 Å². The molecule has 1 N–H and O–H groups in total. The van der Waals surface area contributed by atoms with Gasteiger partial charge in [0.1, 0.15) is 10.6 Å². The Balaban J connectivity index is 2.41. The quantitative estimate of drug-likeness (QED) is 0.656. The van der Waals surface area contributed by atoms with Crippen molar-refractivity contribution in [1.29, 1.82) is 0 Å². The molecule has 0 saturated heterocycles. The molecule has 2 rings (SSSR count). The minimum atomic E-state index is -3.89. The van der Waals surface area contributed by atoms with Crippen molar-refractivity contribution in [2.45, 2.75) is 37.8 Å². The Labute approximate surface area is 179 Å². The van der Waals surface area contributed by atoms with Gasteiger partial charge >= 0.3 is 0 Å². The van der Waals surface area contributed by atoms with Crippen LogP contribution in [0.5, 0.6) is 5.75 Å². The number of hydrogen-bond donors (Lipinski definition) is 1. The molecule has 0 fully saturated rings. The standard InChI is InChI=1S/C22H30N2O5S/c1-22(2,3)23-30(26,27)20-15-18(11-12-19(20)29-5)21(25)24(13-14-28-4)16-17-9-7-6-8-10-17/h6-12,15,23H,13-14,16H2,1-5H3. The molecule has 2 aromatic rings. The number of ether oxygens (including phenoxy) is 2. The van der Waals surface area contributed by atoms with Crippen LogP contribution in [0.1, 0.15) is 36.7 Å². The van der Waals surface area contributed by atoms with Gasteiger partial charge in [0.2, 0.25) is 10.0 Å². The summed E-state index contributed by atoms with van der Waals surface area (Å²) < 4.78 is 38.8. The van der Waals surface area contributed by atoms with Crippen molar-refractivity contribution >= 4 is 15.9 Å². The highest BCUT2D eigenvalue weighted by molar-refractivity contribution is 7.89. The monoisotopic (exact) mass is 434 g/mol. The van der Waals surface area contributed by atoms with Gasteiger partial charge in [0.15, 0.2) is 0 Å². The number of carbonyl (C=O) groups is 1. The van der Waals surface area contributed by atoms with E-state index in [-0.39, 0.29) is 22.1 Å². The second kappa shape index (κ2) is 10.1. The van der Waals surface area contributed by atoms with E-state index >= 15 is 0 Å². The lowest BCUT2D eigenvalue weighted by Gasteiger charge is -2.24. The average Bonchev–Trinajstić information content (AvgIpc) is 2.69. The highest BCUT2D eigenvalue weighted by Crippen LogP contribution is 2.27. The lowest BCUT2D eigenvalue weighted by molar-refractivity contribution is 0.0680. The predicted molar refractivity (Wildman–Crippen MR) is 116 cm³/mol. The number of methoxy groups -OCH3 is 2. The lowest BCUT2D eigenvalue weighted by atomic mass is 10.1. The first-order chi connectivity index (χ1) is 14.1. The maximum absolute atomic E-state index is 13.2. The molecule has 0 aliphatic heterocycles. The Kier molecular flexibility index (Phi) is 8.00. The third-order valence-electron chi connectivity index (χ3n) is 4.21. The predicted octanol–water partition coefficient (Wildman–Crippen LogP) is 3.06. The van der Waals surface area contributed by atoms with Crippen LogP contribution in [0.15, 0.2) is 53.4 Å². The third kappa shape index (κ3) is 6.55. The summed E-state index contributed by atoms with van der Waals surface area (Å²) in [6.45, 7) is 6.37. The first-order valence-electron chi connectivity index (χ1n) is 9.61. The number of benzene rings is 2. The van der Waals surface area contributed by atoms with Crippen LogP contribution in [-0.4, -0.2) is 52.1 Å². The van der Waals surface area contributed by atoms with Crippen molar-refractivity contribution in [1.82, 2.24) is 9.62 Å². The minimum absolute atomic E-state index is 0.0721. The number of carbonyl (C=O) groups excluding carboxylic acids is 1. The van der Waals surface area contributed by atoms with Crippen molar-refractivity contribution in [2.75, 3.05) is 27.4 Å². The van der Waals surface area contributed by atoms with Crippen LogP contribution in [0.2, 0.25) is 0 Å². The molecule has 0 heterocycles. The smallest absolute Gasteiger partial charge is 0.254 e. The summed E-state index contributed by atoms with van der Waals surface area (Å²) in [5.41, 5.74) is 0.552. The molecule has 2 aromatic carbocycles. The minimum Gasteiger partial charge on any atom is -0.495 e. The molecule has 0 atom stereocenters. The number of hydrogen-bond acceptors (Lipinski definition) is 5. The van der Waals surface area contributed by atoms with E-state index < -0.39 is 15.6 Å². The average molecular weight is 435 g/mol. The summed E-state index contributed by atoms with van der Waals surface area (Å²) in [7, 11) is -0.922. The van der Waals surface area contributed by atoms with Crippen LogP contribution in [-0.2, 0) is 21.3 Å². The molecule has 30 heavy (non-hydrogen) atoms. The van der Waals surface area contributed by atoms with Gasteiger partial charge < -0.3 is 14.4 Å². The Hall–Kier alpha value is -2.42. The van der Waals surface area contributed by atoms with E-state index in [4.69, 9.17) is 9.47 Å². The topological polar surface area (TPSA) is 84.9 Å². The molecular formula is C22H30N2O5S. The molecule has 0 radical (unpaired) electrons. The Morgan fingerprint density at radius 2 is 1.73 bits per heavy atom. The van der Waals surface area contributed by atoms with E-state index in [1.54, 1.807) is 38.8 Å². The van der Waals surface area contributed by atoms with Crippen molar-refractivity contribution in [2.24, 2.45) is 0 Å². The van der Waals surface area contributed by atoms with E-state index in [1.165, 1.54) is 19.2 Å². The number of rotatable bonds is 9. The zero-order valence-corrected chi connectivity index (χ0v) is 19.0. The zero-order chi connectivity index (χ0) is 22.4. The summed E-state index contributed by atoms with van der Waals surface area (Å²) in [6.07, 6.45) is 0. The van der Waals surface area contributed by atoms with Gasteiger partial charge in [-0.3, -0.25) is 4.79 Å². The molecular weight excluding hydrogens is 404 g/mol. The van der Waals surface area contributed by atoms with Crippen molar-refractivity contribution in [3.8, 4) is 5.75 Å². The first-order valence-corrected chi connectivity index (χ1v) is 11.1. The number of nitrogens with zero attached hydrogens (tertiary/aromatic N) is 1. The SMILES string of the molecule is COCCN(Cc1ccccc1)C(=O)c1ccc(OC)c(S(=O)(=O)NC(C)(C)C)c1. The third-order valence-corrected chi connectivity index (χ3v) is 5.99. The Morgan fingerprint density at radius 1 is 1.07 bits per heavy atom. The van der Waals surface area contributed by atoms with E-state index in [9.17, 15) is 13.2 Å². The summed E-state index contributed by atoms with van der Waals surface area (Å²) in [6, 6.07) is 14.0. The molecule has 0 bridgehead atoms. The number of sulfonamides is 1. The molecule has 0 unspecified atom stereocenters. The Bertz CT molecular complexity index is 953. The molecule has 7 nitrogen and oxygen atoms in total. The van der Waals surface area contributed by atoms with Crippen LogP contribution in [0.4, 0.5) is 0 Å². The number of amides is 1. The second-order valence-electron chi connectivity index (χ2n) is 7.93. The Morgan fingerprint density at radius 3 is 2.30 bits per heavy atom. The van der Waals surface area contributed by atoms with Gasteiger partial charge in [0.25, 0.3) is 5.91 Å². The fourth-order valence-corrected chi connectivity index (χ4v) is 4.53. The van der Waals surface area contributed by atoms with Gasteiger partial charge in [-0.15, -0.1) is 0 Å². The molecule has 0 aliphatic rings. The van der Waals surface area contributed by atoms with Gasteiger partial charge in [-0.2, -0.15) is 0 Å². The summed E-state index contributed by atoms with van der Waals surface area (Å²) in [4.78, 5) is 14.8. The summed E-state index contributed by atoms with van der Waals surface area (Å²) >= 11 is 0. The van der Waals surface area contributed by atoms with Crippen LogP contribution < -0.4 is 9.46 Å². The van der Waals surface area contributed by atoms with Gasteiger partial charge in [-0.1, -0.05) is 30.3 Å². The van der Waals surface area contributed by atoms with Gasteiger partial charge in [0.05, 0.1) is 13.7 Å². The molecule has 0 aromatic heterocycles. The lowest BCUT2D eigenvalue weighted by Crippen LogP contribution is -2.40. The molecule has 8 heteroatoms. The molecule has 0 spiro atoms. The van der Waals surface area contributed by atoms with Crippen LogP contribution >= 0.6 is 0 Å². The normalized spacial score (nSPS) is 11.9. The second-order valence-corrected chi connectivity index (χ2v) is 9.58. The highest BCUT2D eigenvalue weighted by Gasteiger charge is 2.27. The van der Waals surface area contributed by atoms with Crippen molar-refractivity contribution < 1.29 is 22.7 Å². The van der Waals surface area contributed by atoms with Gasteiger partial charge in [-0.05, 0) is 44.5 Å². The molecule has 0 aliphatic carbocycles. The largest absolute Gasteiger partial charge is 0.495 e. The summed E-state index contributed by atoms with van der Waals surface area (Å²) in [5.74, 6) is -0.111. The van der Waals surface area contributed by atoms with E-state index in [1.807, 2.05) is 30.3 Å². The zero-order valence-electron chi connectivity index (χ0n) is 18.1. The number of nitrogens with one attached hydrogen (secondary N) is 1. The molecule has 0 saturated carbocycles. The van der Waals surface area contributed by atoms with Crippen molar-refractivity contribution in [3.05, 3.63) is 59.7 Å².